The highest BCUT2D eigenvalue weighted by Crippen LogP contribution is 2.69. The Balaban J connectivity index is 1.52. The molecule has 0 aromatic rings. The first-order valence-electron chi connectivity index (χ1n) is 12.5. The number of hydrogen-bond donors (Lipinski definition) is 2. The zero-order chi connectivity index (χ0) is 21.7. The van der Waals surface area contributed by atoms with Crippen molar-refractivity contribution in [1.82, 2.24) is 0 Å². The minimum atomic E-state index is -1.04. The van der Waals surface area contributed by atoms with Gasteiger partial charge in [-0.1, -0.05) is 33.6 Å². The van der Waals surface area contributed by atoms with Crippen LogP contribution in [0.4, 0.5) is 0 Å². The summed E-state index contributed by atoms with van der Waals surface area (Å²) < 4.78 is 0. The molecule has 4 saturated carbocycles. The molecule has 168 valence electrons. The largest absolute Gasteiger partial charge is 0.480 e. The maximum atomic E-state index is 12.0. The van der Waals surface area contributed by atoms with Gasteiger partial charge in [-0.3, -0.25) is 4.79 Å². The Kier molecular flexibility index (Phi) is 5.76. The standard InChI is InChI=1S/C26H41NO3/c1-17(7-8-18(16-27)23(28)29)26(30)15-12-22-20-10-9-19-6-4-5-13-24(19,2)21(20)11-14-25(22,26)3/h17-22,30H,4-15H2,1-3H3,(H,28,29)/t17-,18?,19?,20-,21+,22+,24+,25+,26+/m1/s1. The highest BCUT2D eigenvalue weighted by atomic mass is 16.4. The molecule has 0 spiro atoms. The zero-order valence-corrected chi connectivity index (χ0v) is 19.2. The number of hydrogen-bond acceptors (Lipinski definition) is 3. The fourth-order valence-electron chi connectivity index (χ4n) is 9.05. The predicted molar refractivity (Wildman–Crippen MR) is 116 cm³/mol. The first-order chi connectivity index (χ1) is 14.2. The molecule has 0 bridgehead atoms. The molecule has 30 heavy (non-hydrogen) atoms. The van der Waals surface area contributed by atoms with Crippen molar-refractivity contribution in [1.29, 1.82) is 5.26 Å². The van der Waals surface area contributed by atoms with Crippen molar-refractivity contribution in [3.63, 3.8) is 0 Å². The molecule has 0 saturated heterocycles. The maximum absolute atomic E-state index is 12.0. The third-order valence-electron chi connectivity index (χ3n) is 11.0. The fourth-order valence-corrected chi connectivity index (χ4v) is 9.05. The zero-order valence-electron chi connectivity index (χ0n) is 19.2. The van der Waals surface area contributed by atoms with Crippen molar-refractivity contribution in [2.24, 2.45) is 46.3 Å². The Morgan fingerprint density at radius 2 is 1.77 bits per heavy atom. The molecule has 9 atom stereocenters. The molecule has 0 heterocycles. The van der Waals surface area contributed by atoms with Crippen LogP contribution in [0, 0.1) is 57.7 Å². The lowest BCUT2D eigenvalue weighted by atomic mass is 9.44. The normalized spacial score (nSPS) is 47.3. The Labute approximate surface area is 182 Å². The molecule has 4 heteroatoms. The van der Waals surface area contributed by atoms with Gasteiger partial charge in [0.1, 0.15) is 5.92 Å². The molecule has 4 aliphatic carbocycles. The topological polar surface area (TPSA) is 81.3 Å². The monoisotopic (exact) mass is 415 g/mol. The molecule has 4 nitrogen and oxygen atoms in total. The minimum absolute atomic E-state index is 0.0286. The number of nitrogens with zero attached hydrogens (tertiary/aromatic N) is 1. The van der Waals surface area contributed by atoms with Crippen LogP contribution < -0.4 is 0 Å². The van der Waals surface area contributed by atoms with Crippen molar-refractivity contribution < 1.29 is 15.0 Å². The number of aliphatic hydroxyl groups is 1. The van der Waals surface area contributed by atoms with Gasteiger partial charge in [0.05, 0.1) is 11.7 Å². The summed E-state index contributed by atoms with van der Waals surface area (Å²) in [5.74, 6) is 1.10. The second kappa shape index (κ2) is 7.80. The average molecular weight is 416 g/mol. The Morgan fingerprint density at radius 3 is 2.47 bits per heavy atom. The summed E-state index contributed by atoms with van der Waals surface area (Å²) in [6, 6.07) is 1.91. The first-order valence-corrected chi connectivity index (χ1v) is 12.5. The van der Waals surface area contributed by atoms with Crippen molar-refractivity contribution in [2.75, 3.05) is 0 Å². The summed E-state index contributed by atoms with van der Waals surface area (Å²) in [6.45, 7) is 7.02. The molecule has 2 unspecified atom stereocenters. The number of aliphatic carboxylic acids is 1. The smallest absolute Gasteiger partial charge is 0.320 e. The molecule has 2 N–H and O–H groups in total. The summed E-state index contributed by atoms with van der Waals surface area (Å²) in [5.41, 5.74) is -0.293. The van der Waals surface area contributed by atoms with Gasteiger partial charge in [-0.25, -0.2) is 0 Å². The quantitative estimate of drug-likeness (QED) is 0.595. The molecular weight excluding hydrogens is 374 g/mol. The van der Waals surface area contributed by atoms with Crippen LogP contribution in [-0.2, 0) is 4.79 Å². The SMILES string of the molecule is C[C@H](CCC(C#N)C(=O)O)[C@@]1(O)CC[C@H]2[C@@H]3CCC4CCCC[C@]4(C)[C@H]3CC[C@@]21C. The summed E-state index contributed by atoms with van der Waals surface area (Å²) in [7, 11) is 0. The van der Waals surface area contributed by atoms with Gasteiger partial charge in [-0.2, -0.15) is 5.26 Å². The van der Waals surface area contributed by atoms with Gasteiger partial charge >= 0.3 is 5.97 Å². The van der Waals surface area contributed by atoms with E-state index < -0.39 is 17.5 Å². The van der Waals surface area contributed by atoms with Crippen LogP contribution in [0.25, 0.3) is 0 Å². The predicted octanol–water partition coefficient (Wildman–Crippen LogP) is 5.79. The van der Waals surface area contributed by atoms with Gasteiger partial charge < -0.3 is 10.2 Å². The number of carbonyl (C=O) groups is 1. The van der Waals surface area contributed by atoms with E-state index in [-0.39, 0.29) is 11.3 Å². The van der Waals surface area contributed by atoms with Crippen LogP contribution >= 0.6 is 0 Å². The number of fused-ring (bicyclic) bond motifs is 5. The molecule has 4 rings (SSSR count). The third-order valence-corrected chi connectivity index (χ3v) is 11.0. The van der Waals surface area contributed by atoms with Crippen LogP contribution in [0.1, 0.15) is 97.8 Å². The van der Waals surface area contributed by atoms with E-state index in [1.165, 1.54) is 44.9 Å². The van der Waals surface area contributed by atoms with Crippen LogP contribution in [0.5, 0.6) is 0 Å². The number of carboxylic acids is 1. The van der Waals surface area contributed by atoms with Crippen molar-refractivity contribution in [3.8, 4) is 6.07 Å². The number of nitriles is 1. The van der Waals surface area contributed by atoms with E-state index in [0.29, 0.717) is 24.2 Å². The molecule has 4 fully saturated rings. The van der Waals surface area contributed by atoms with E-state index in [2.05, 4.69) is 20.8 Å². The summed E-state index contributed by atoms with van der Waals surface area (Å²) in [5, 5.41) is 30.3. The highest BCUT2D eigenvalue weighted by molar-refractivity contribution is 5.72. The average Bonchev–Trinajstić information content (AvgIpc) is 2.99. The van der Waals surface area contributed by atoms with Gasteiger partial charge in [0.25, 0.3) is 0 Å². The highest BCUT2D eigenvalue weighted by Gasteiger charge is 2.65. The number of rotatable bonds is 5. The van der Waals surface area contributed by atoms with E-state index in [1.807, 2.05) is 6.07 Å². The summed E-state index contributed by atoms with van der Waals surface area (Å²) >= 11 is 0. The van der Waals surface area contributed by atoms with E-state index in [4.69, 9.17) is 5.26 Å². The molecule has 0 aromatic carbocycles. The third kappa shape index (κ3) is 3.14. The minimum Gasteiger partial charge on any atom is -0.480 e. The maximum Gasteiger partial charge on any atom is 0.320 e. The molecule has 0 aromatic heterocycles. The molecule has 0 aliphatic heterocycles. The Bertz CT molecular complexity index is 716. The van der Waals surface area contributed by atoms with Crippen LogP contribution in [0.2, 0.25) is 0 Å². The first kappa shape index (κ1) is 22.1. The van der Waals surface area contributed by atoms with E-state index >= 15 is 0 Å². The lowest BCUT2D eigenvalue weighted by Crippen LogP contribution is -2.57. The Morgan fingerprint density at radius 1 is 1.03 bits per heavy atom. The van der Waals surface area contributed by atoms with Crippen LogP contribution in [0.3, 0.4) is 0 Å². The van der Waals surface area contributed by atoms with Gasteiger partial charge in [-0.05, 0) is 105 Å². The van der Waals surface area contributed by atoms with Crippen molar-refractivity contribution >= 4 is 5.97 Å². The van der Waals surface area contributed by atoms with Gasteiger partial charge in [0.2, 0.25) is 0 Å². The van der Waals surface area contributed by atoms with Gasteiger partial charge in [0, 0.05) is 0 Å². The van der Waals surface area contributed by atoms with Crippen molar-refractivity contribution in [2.45, 2.75) is 103 Å². The fraction of sp³-hybridized carbons (Fsp3) is 0.923. The lowest BCUT2D eigenvalue weighted by molar-refractivity contribution is -0.169. The second-order valence-corrected chi connectivity index (χ2v) is 11.8. The van der Waals surface area contributed by atoms with Crippen LogP contribution in [0.15, 0.2) is 0 Å². The van der Waals surface area contributed by atoms with E-state index in [9.17, 15) is 15.0 Å². The Hall–Kier alpha value is -1.08. The van der Waals surface area contributed by atoms with E-state index in [0.717, 1.165) is 37.0 Å². The van der Waals surface area contributed by atoms with Gasteiger partial charge in [0.15, 0.2) is 0 Å². The second-order valence-electron chi connectivity index (χ2n) is 11.8. The molecule has 4 aliphatic rings. The summed E-state index contributed by atoms with van der Waals surface area (Å²) in [6.07, 6.45) is 13.6. The number of carboxylic acid groups (broad SMARTS) is 1. The molecule has 0 radical (unpaired) electrons. The molecule has 0 amide bonds. The summed E-state index contributed by atoms with van der Waals surface area (Å²) in [4.78, 5) is 11.3. The molecular formula is C26H41NO3. The van der Waals surface area contributed by atoms with Gasteiger partial charge in [-0.15, -0.1) is 0 Å². The van der Waals surface area contributed by atoms with E-state index in [1.54, 1.807) is 0 Å². The van der Waals surface area contributed by atoms with Crippen molar-refractivity contribution in [3.05, 3.63) is 0 Å². The lowest BCUT2D eigenvalue weighted by Gasteiger charge is -2.61. The van der Waals surface area contributed by atoms with Crippen LogP contribution in [-0.4, -0.2) is 21.8 Å².